The monoisotopic (exact) mass is 260 g/mol. The van der Waals surface area contributed by atoms with Gasteiger partial charge in [0.25, 0.3) is 0 Å². The summed E-state index contributed by atoms with van der Waals surface area (Å²) in [4.78, 5) is 17.3. The van der Waals surface area contributed by atoms with E-state index in [4.69, 9.17) is 5.11 Å². The van der Waals surface area contributed by atoms with E-state index in [0.717, 1.165) is 43.4 Å². The van der Waals surface area contributed by atoms with Gasteiger partial charge >= 0.3 is 5.97 Å². The van der Waals surface area contributed by atoms with Crippen LogP contribution in [0.15, 0.2) is 24.4 Å². The first-order valence-electron chi connectivity index (χ1n) is 6.59. The molecule has 1 aromatic heterocycles. The van der Waals surface area contributed by atoms with Crippen molar-refractivity contribution in [1.82, 2.24) is 4.98 Å². The van der Waals surface area contributed by atoms with Gasteiger partial charge < -0.3 is 10.0 Å². The van der Waals surface area contributed by atoms with E-state index in [9.17, 15) is 4.79 Å². The molecule has 2 heterocycles. The second-order valence-corrected chi connectivity index (χ2v) is 5.74. The second-order valence-electron chi connectivity index (χ2n) is 5.74. The highest BCUT2D eigenvalue weighted by atomic mass is 16.4. The summed E-state index contributed by atoms with van der Waals surface area (Å²) in [6, 6.07) is 3.74. The van der Waals surface area contributed by atoms with E-state index < -0.39 is 5.97 Å². The molecule has 0 amide bonds. The lowest BCUT2D eigenvalue weighted by molar-refractivity contribution is -0.131. The minimum atomic E-state index is -0.936. The number of carboxylic acid groups (broad SMARTS) is 1. The van der Waals surface area contributed by atoms with Crippen LogP contribution in [0.5, 0.6) is 0 Å². The molecule has 1 aliphatic heterocycles. The Morgan fingerprint density at radius 2 is 2.11 bits per heavy atom. The Morgan fingerprint density at radius 1 is 1.42 bits per heavy atom. The minimum absolute atomic E-state index is 0.391. The first-order valence-corrected chi connectivity index (χ1v) is 6.59. The molecule has 1 saturated heterocycles. The van der Waals surface area contributed by atoms with Crippen LogP contribution >= 0.6 is 0 Å². The summed E-state index contributed by atoms with van der Waals surface area (Å²) in [5, 5.41) is 8.72. The summed E-state index contributed by atoms with van der Waals surface area (Å²) in [5.41, 5.74) is 1.26. The van der Waals surface area contributed by atoms with Gasteiger partial charge in [-0.3, -0.25) is 0 Å². The summed E-state index contributed by atoms with van der Waals surface area (Å²) < 4.78 is 0. The molecule has 1 aliphatic rings. The first-order chi connectivity index (χ1) is 8.98. The zero-order valence-electron chi connectivity index (χ0n) is 11.5. The summed E-state index contributed by atoms with van der Waals surface area (Å²) in [6.45, 7) is 6.51. The molecular weight excluding hydrogens is 240 g/mol. The quantitative estimate of drug-likeness (QED) is 0.849. The van der Waals surface area contributed by atoms with Crippen molar-refractivity contribution in [3.05, 3.63) is 30.0 Å². The Kier molecular flexibility index (Phi) is 3.88. The van der Waals surface area contributed by atoms with Gasteiger partial charge in [-0.1, -0.05) is 13.8 Å². The van der Waals surface area contributed by atoms with Gasteiger partial charge in [0.15, 0.2) is 0 Å². The lowest BCUT2D eigenvalue weighted by atomic mass is 9.82. The number of rotatable bonds is 3. The Hall–Kier alpha value is -1.84. The van der Waals surface area contributed by atoms with E-state index in [0.29, 0.717) is 5.41 Å². The Bertz CT molecular complexity index is 485. The van der Waals surface area contributed by atoms with E-state index in [1.54, 1.807) is 12.3 Å². The van der Waals surface area contributed by atoms with Crippen molar-refractivity contribution < 1.29 is 9.90 Å². The molecule has 1 fully saturated rings. The van der Waals surface area contributed by atoms with Gasteiger partial charge in [-0.25, -0.2) is 9.78 Å². The standard InChI is InChI=1S/C15H20N2O2/c1-15(2)7-10-17(11-8-15)14-12(4-3-9-16-14)5-6-13(18)19/h3-6,9H,7-8,10-11H2,1-2H3,(H,18,19)/b6-5+. The SMILES string of the molecule is CC1(C)CCN(c2ncccc2/C=C/C(=O)O)CC1. The number of hydrogen-bond acceptors (Lipinski definition) is 3. The summed E-state index contributed by atoms with van der Waals surface area (Å²) in [7, 11) is 0. The van der Waals surface area contributed by atoms with Crippen LogP contribution in [0.4, 0.5) is 5.82 Å². The van der Waals surface area contributed by atoms with Gasteiger partial charge in [0.2, 0.25) is 0 Å². The predicted octanol–water partition coefficient (Wildman–Crippen LogP) is 2.81. The van der Waals surface area contributed by atoms with Crippen molar-refractivity contribution >= 4 is 17.9 Å². The molecule has 0 unspecified atom stereocenters. The molecule has 1 aromatic rings. The highest BCUT2D eigenvalue weighted by molar-refractivity contribution is 5.86. The number of carbonyl (C=O) groups is 1. The average molecular weight is 260 g/mol. The fourth-order valence-electron chi connectivity index (χ4n) is 2.29. The van der Waals surface area contributed by atoms with Gasteiger partial charge in [-0.15, -0.1) is 0 Å². The highest BCUT2D eigenvalue weighted by Crippen LogP contribution is 2.32. The van der Waals surface area contributed by atoms with Crippen LogP contribution in [-0.4, -0.2) is 29.1 Å². The maximum absolute atomic E-state index is 10.6. The van der Waals surface area contributed by atoms with Crippen LogP contribution < -0.4 is 4.90 Å². The molecule has 0 spiro atoms. The van der Waals surface area contributed by atoms with Gasteiger partial charge in [0, 0.05) is 30.9 Å². The highest BCUT2D eigenvalue weighted by Gasteiger charge is 2.26. The third kappa shape index (κ3) is 3.56. The molecule has 4 nitrogen and oxygen atoms in total. The number of piperidine rings is 1. The fourth-order valence-corrected chi connectivity index (χ4v) is 2.29. The first kappa shape index (κ1) is 13.6. The zero-order valence-corrected chi connectivity index (χ0v) is 11.5. The zero-order chi connectivity index (χ0) is 13.9. The molecule has 0 aromatic carbocycles. The number of anilines is 1. The van der Waals surface area contributed by atoms with E-state index in [-0.39, 0.29) is 0 Å². The number of nitrogens with zero attached hydrogens (tertiary/aromatic N) is 2. The Morgan fingerprint density at radius 3 is 2.74 bits per heavy atom. The van der Waals surface area contributed by atoms with E-state index >= 15 is 0 Å². The van der Waals surface area contributed by atoms with Crippen molar-refractivity contribution in [1.29, 1.82) is 0 Å². The van der Waals surface area contributed by atoms with Crippen LogP contribution in [0.25, 0.3) is 6.08 Å². The number of hydrogen-bond donors (Lipinski definition) is 1. The fraction of sp³-hybridized carbons (Fsp3) is 0.467. The molecule has 2 rings (SSSR count). The van der Waals surface area contributed by atoms with Crippen molar-refractivity contribution in [3.63, 3.8) is 0 Å². The molecule has 1 N–H and O–H groups in total. The van der Waals surface area contributed by atoms with Crippen LogP contribution in [0.2, 0.25) is 0 Å². The number of carboxylic acids is 1. The lowest BCUT2D eigenvalue weighted by Gasteiger charge is -2.38. The maximum Gasteiger partial charge on any atom is 0.328 e. The predicted molar refractivity (Wildman–Crippen MR) is 76.1 cm³/mol. The van der Waals surface area contributed by atoms with Crippen LogP contribution in [-0.2, 0) is 4.79 Å². The Balaban J connectivity index is 2.18. The van der Waals surface area contributed by atoms with Gasteiger partial charge in [0.05, 0.1) is 0 Å². The van der Waals surface area contributed by atoms with Crippen molar-refractivity contribution in [2.45, 2.75) is 26.7 Å². The summed E-state index contributed by atoms with van der Waals surface area (Å²) in [6.07, 6.45) is 6.79. The molecule has 19 heavy (non-hydrogen) atoms. The molecule has 0 aliphatic carbocycles. The molecule has 0 atom stereocenters. The van der Waals surface area contributed by atoms with Crippen molar-refractivity contribution in [2.75, 3.05) is 18.0 Å². The molecule has 0 radical (unpaired) electrons. The van der Waals surface area contributed by atoms with Crippen LogP contribution in [0.3, 0.4) is 0 Å². The third-order valence-corrected chi connectivity index (χ3v) is 3.64. The van der Waals surface area contributed by atoms with E-state index in [1.807, 2.05) is 12.1 Å². The van der Waals surface area contributed by atoms with Gasteiger partial charge in [0.1, 0.15) is 5.82 Å². The normalized spacial score (nSPS) is 18.7. The van der Waals surface area contributed by atoms with Crippen molar-refractivity contribution in [2.24, 2.45) is 5.41 Å². The third-order valence-electron chi connectivity index (χ3n) is 3.64. The molecule has 0 bridgehead atoms. The van der Waals surface area contributed by atoms with Gasteiger partial charge in [-0.2, -0.15) is 0 Å². The molecular formula is C15H20N2O2. The number of aromatic nitrogens is 1. The largest absolute Gasteiger partial charge is 0.478 e. The molecule has 102 valence electrons. The van der Waals surface area contributed by atoms with Gasteiger partial charge in [-0.05, 0) is 36.5 Å². The van der Waals surface area contributed by atoms with E-state index in [1.165, 1.54) is 0 Å². The topological polar surface area (TPSA) is 53.4 Å². The smallest absolute Gasteiger partial charge is 0.328 e. The van der Waals surface area contributed by atoms with E-state index in [2.05, 4.69) is 23.7 Å². The summed E-state index contributed by atoms with van der Waals surface area (Å²) in [5.74, 6) is -0.0509. The maximum atomic E-state index is 10.6. The summed E-state index contributed by atoms with van der Waals surface area (Å²) >= 11 is 0. The van der Waals surface area contributed by atoms with Crippen LogP contribution in [0.1, 0.15) is 32.3 Å². The second kappa shape index (κ2) is 5.43. The Labute approximate surface area is 113 Å². The van der Waals surface area contributed by atoms with Crippen molar-refractivity contribution in [3.8, 4) is 0 Å². The molecule has 4 heteroatoms. The van der Waals surface area contributed by atoms with Crippen LogP contribution in [0, 0.1) is 5.41 Å². The molecule has 0 saturated carbocycles. The minimum Gasteiger partial charge on any atom is -0.478 e. The lowest BCUT2D eigenvalue weighted by Crippen LogP contribution is -2.38. The number of aliphatic carboxylic acids is 1. The average Bonchev–Trinajstić information content (AvgIpc) is 2.37. The number of pyridine rings is 1.